The summed E-state index contributed by atoms with van der Waals surface area (Å²) in [5, 5.41) is 10.6. The normalized spacial score (nSPS) is 40.5. The van der Waals surface area contributed by atoms with Gasteiger partial charge in [-0.3, -0.25) is 9.69 Å². The molecular weight excluding hydrogens is 412 g/mol. The first-order valence-corrected chi connectivity index (χ1v) is 13.0. The second kappa shape index (κ2) is 6.24. The minimum atomic E-state index is 0.0676. The lowest BCUT2D eigenvalue weighted by Crippen LogP contribution is -2.69. The van der Waals surface area contributed by atoms with Crippen molar-refractivity contribution in [1.82, 2.24) is 9.80 Å². The van der Waals surface area contributed by atoms with Crippen molar-refractivity contribution < 1.29 is 14.3 Å². The predicted molar refractivity (Wildman–Crippen MR) is 123 cm³/mol. The number of amides is 1. The number of aromatic hydroxyl groups is 1. The van der Waals surface area contributed by atoms with Crippen LogP contribution in [0.2, 0.25) is 0 Å². The SMILES string of the molecule is O=C(c1ccco1)N1C[C@H]2CC34CCC1C2C31CCN(CC2CC2)C4Cc2ccc(O)cc21. The van der Waals surface area contributed by atoms with Crippen molar-refractivity contribution in [2.75, 3.05) is 19.6 Å². The van der Waals surface area contributed by atoms with Gasteiger partial charge in [0.2, 0.25) is 0 Å². The lowest BCUT2D eigenvalue weighted by molar-refractivity contribution is -0.102. The molecule has 1 amide bonds. The summed E-state index contributed by atoms with van der Waals surface area (Å²) in [6.45, 7) is 3.31. The van der Waals surface area contributed by atoms with Crippen LogP contribution in [0.15, 0.2) is 41.0 Å². The third-order valence-electron chi connectivity index (χ3n) is 10.8. The number of furan rings is 1. The highest BCUT2D eigenvalue weighted by molar-refractivity contribution is 5.92. The first-order valence-electron chi connectivity index (χ1n) is 13.0. The van der Waals surface area contributed by atoms with Gasteiger partial charge in [-0.2, -0.15) is 0 Å². The largest absolute Gasteiger partial charge is 0.508 e. The molecule has 0 spiro atoms. The number of nitrogens with zero attached hydrogens (tertiary/aromatic N) is 2. The van der Waals surface area contributed by atoms with Crippen LogP contribution in [0.4, 0.5) is 0 Å². The molecule has 1 aromatic carbocycles. The van der Waals surface area contributed by atoms with Crippen LogP contribution in [0.1, 0.15) is 60.2 Å². The highest BCUT2D eigenvalue weighted by atomic mass is 16.3. The Morgan fingerprint density at radius 2 is 2.09 bits per heavy atom. The van der Waals surface area contributed by atoms with Crippen molar-refractivity contribution in [3.63, 3.8) is 0 Å². The molecule has 5 nitrogen and oxygen atoms in total. The number of carbonyl (C=O) groups is 1. The van der Waals surface area contributed by atoms with E-state index < -0.39 is 0 Å². The maximum Gasteiger partial charge on any atom is 0.289 e. The minimum absolute atomic E-state index is 0.0676. The summed E-state index contributed by atoms with van der Waals surface area (Å²) < 4.78 is 5.52. The fourth-order valence-electron chi connectivity index (χ4n) is 9.72. The van der Waals surface area contributed by atoms with E-state index in [9.17, 15) is 9.90 Å². The fourth-order valence-corrected chi connectivity index (χ4v) is 9.72. The van der Waals surface area contributed by atoms with E-state index in [0.717, 1.165) is 25.3 Å². The zero-order valence-corrected chi connectivity index (χ0v) is 19.1. The predicted octanol–water partition coefficient (Wildman–Crippen LogP) is 4.20. The van der Waals surface area contributed by atoms with Gasteiger partial charge in [0.25, 0.3) is 5.91 Å². The van der Waals surface area contributed by atoms with Gasteiger partial charge in [0.1, 0.15) is 5.75 Å². The number of hydrogen-bond donors (Lipinski definition) is 1. The van der Waals surface area contributed by atoms with Crippen LogP contribution < -0.4 is 0 Å². The number of carbonyl (C=O) groups excluding carboxylic acids is 1. The second-order valence-electron chi connectivity index (χ2n) is 11.9. The van der Waals surface area contributed by atoms with Crippen molar-refractivity contribution in [2.24, 2.45) is 23.2 Å². The Labute approximate surface area is 194 Å². The minimum Gasteiger partial charge on any atom is -0.508 e. The Hall–Kier alpha value is -2.27. The van der Waals surface area contributed by atoms with Gasteiger partial charge in [0.15, 0.2) is 5.76 Å². The average molecular weight is 445 g/mol. The maximum atomic E-state index is 13.4. The van der Waals surface area contributed by atoms with Crippen LogP contribution in [0, 0.1) is 23.2 Å². The van der Waals surface area contributed by atoms with Crippen LogP contribution in [-0.2, 0) is 11.8 Å². The average Bonchev–Trinajstić information content (AvgIpc) is 3.24. The summed E-state index contributed by atoms with van der Waals surface area (Å²) in [6.07, 6.45) is 10.3. The summed E-state index contributed by atoms with van der Waals surface area (Å²) in [7, 11) is 0. The zero-order chi connectivity index (χ0) is 21.9. The molecule has 2 aromatic rings. The van der Waals surface area contributed by atoms with Gasteiger partial charge < -0.3 is 14.4 Å². The number of piperidine rings is 1. The van der Waals surface area contributed by atoms with E-state index in [1.807, 2.05) is 18.2 Å². The van der Waals surface area contributed by atoms with Gasteiger partial charge in [0.05, 0.1) is 6.26 Å². The Kier molecular flexibility index (Phi) is 3.61. The first kappa shape index (κ1) is 19.1. The molecule has 5 unspecified atom stereocenters. The summed E-state index contributed by atoms with van der Waals surface area (Å²) in [5.41, 5.74) is 3.27. The third-order valence-corrected chi connectivity index (χ3v) is 10.8. The van der Waals surface area contributed by atoms with E-state index >= 15 is 0 Å². The van der Waals surface area contributed by atoms with E-state index in [4.69, 9.17) is 4.42 Å². The molecule has 4 aliphatic carbocycles. The van der Waals surface area contributed by atoms with Gasteiger partial charge >= 0.3 is 0 Å². The lowest BCUT2D eigenvalue weighted by Gasteiger charge is -2.66. The van der Waals surface area contributed by atoms with Crippen LogP contribution in [0.25, 0.3) is 0 Å². The van der Waals surface area contributed by atoms with Gasteiger partial charge in [-0.05, 0) is 110 Å². The molecule has 3 heterocycles. The molecule has 0 radical (unpaired) electrons. The van der Waals surface area contributed by atoms with Gasteiger partial charge in [-0.1, -0.05) is 6.07 Å². The Morgan fingerprint density at radius 1 is 1.18 bits per heavy atom. The standard InChI is InChI=1S/C28H32N2O3/c31-20-6-5-18-12-24-27-8-7-22-25(19(14-27)16-30(22)26(32)23-2-1-11-33-23)28(27,21(18)13-20)9-10-29(24)15-17-3-4-17/h1-2,5-6,11,13,17,19,22,24-25,31H,3-4,7-10,12,14-16H2/t19-,22?,24?,25?,27?,28?/m1/s1. The molecule has 33 heavy (non-hydrogen) atoms. The highest BCUT2D eigenvalue weighted by Crippen LogP contribution is 2.75. The van der Waals surface area contributed by atoms with E-state index in [1.54, 1.807) is 6.26 Å². The van der Waals surface area contributed by atoms with Crippen molar-refractivity contribution >= 4 is 5.91 Å². The fraction of sp³-hybridized carbons (Fsp3) is 0.607. The van der Waals surface area contributed by atoms with E-state index in [1.165, 1.54) is 56.3 Å². The molecule has 5 heteroatoms. The number of phenolic OH excluding ortho intramolecular Hbond substituents is 1. The summed E-state index contributed by atoms with van der Waals surface area (Å²) in [6, 6.07) is 10.7. The van der Waals surface area contributed by atoms with Crippen LogP contribution in [0.5, 0.6) is 5.75 Å². The summed E-state index contributed by atoms with van der Waals surface area (Å²) in [4.78, 5) is 18.5. The monoisotopic (exact) mass is 444 g/mol. The quantitative estimate of drug-likeness (QED) is 0.771. The second-order valence-corrected chi connectivity index (χ2v) is 11.9. The molecule has 4 bridgehead atoms. The van der Waals surface area contributed by atoms with Crippen LogP contribution in [-0.4, -0.2) is 52.5 Å². The lowest BCUT2D eigenvalue weighted by atomic mass is 9.43. The summed E-state index contributed by atoms with van der Waals surface area (Å²) >= 11 is 0. The molecular formula is C28H32N2O3. The number of likely N-dealkylation sites (tertiary alicyclic amines) is 2. The number of hydrogen-bond acceptors (Lipinski definition) is 4. The Balaban J connectivity index is 1.27. The third kappa shape index (κ3) is 2.25. The molecule has 2 aliphatic heterocycles. The topological polar surface area (TPSA) is 56.9 Å². The Morgan fingerprint density at radius 3 is 2.91 bits per heavy atom. The van der Waals surface area contributed by atoms with Gasteiger partial charge in [-0.15, -0.1) is 0 Å². The number of fused-ring (bicyclic) bond motifs is 1. The number of benzene rings is 1. The molecule has 5 fully saturated rings. The molecule has 2 saturated heterocycles. The van der Waals surface area contributed by atoms with E-state index in [0.29, 0.717) is 34.8 Å². The molecule has 172 valence electrons. The van der Waals surface area contributed by atoms with Crippen molar-refractivity contribution in [3.8, 4) is 5.75 Å². The molecule has 1 N–H and O–H groups in total. The number of rotatable bonds is 3. The van der Waals surface area contributed by atoms with E-state index in [2.05, 4.69) is 21.9 Å². The zero-order valence-electron chi connectivity index (χ0n) is 19.1. The summed E-state index contributed by atoms with van der Waals surface area (Å²) in [5.74, 6) is 2.90. The maximum absolute atomic E-state index is 13.4. The van der Waals surface area contributed by atoms with Crippen LogP contribution >= 0.6 is 0 Å². The molecule has 1 aromatic heterocycles. The van der Waals surface area contributed by atoms with Crippen LogP contribution in [0.3, 0.4) is 0 Å². The molecule has 6 aliphatic rings. The van der Waals surface area contributed by atoms with E-state index in [-0.39, 0.29) is 17.4 Å². The van der Waals surface area contributed by atoms with Gasteiger partial charge in [0, 0.05) is 30.6 Å². The molecule has 6 atom stereocenters. The van der Waals surface area contributed by atoms with Crippen molar-refractivity contribution in [3.05, 3.63) is 53.5 Å². The van der Waals surface area contributed by atoms with Crippen molar-refractivity contribution in [1.29, 1.82) is 0 Å². The number of phenols is 1. The van der Waals surface area contributed by atoms with Gasteiger partial charge in [-0.25, -0.2) is 0 Å². The Bertz CT molecular complexity index is 1140. The smallest absolute Gasteiger partial charge is 0.289 e. The first-order chi connectivity index (χ1) is 16.1. The van der Waals surface area contributed by atoms with Crippen molar-refractivity contribution in [2.45, 2.75) is 62.4 Å². The molecule has 8 rings (SSSR count). The molecule has 3 saturated carbocycles. The highest BCUT2D eigenvalue weighted by Gasteiger charge is 2.76.